The van der Waals surface area contributed by atoms with Crippen molar-refractivity contribution in [2.24, 2.45) is 11.8 Å². The number of carbonyl (C=O) groups is 2. The summed E-state index contributed by atoms with van der Waals surface area (Å²) in [6.45, 7) is 0. The van der Waals surface area contributed by atoms with Crippen molar-refractivity contribution in [1.29, 1.82) is 0 Å². The van der Waals surface area contributed by atoms with Gasteiger partial charge in [-0.1, -0.05) is 6.42 Å². The molecule has 0 heterocycles. The standard InChI is InChI=1S/C8H12O4/c1-12-8(11)6-4-2-3-5(6)7(9)10/h5-6H,2-4H2,1H3,(H,9,10)/t5-,6-/m1/s1. The normalized spacial score (nSPS) is 28.4. The molecule has 1 N–H and O–H groups in total. The van der Waals surface area contributed by atoms with Crippen LogP contribution in [0.25, 0.3) is 0 Å². The van der Waals surface area contributed by atoms with Gasteiger partial charge in [0.2, 0.25) is 0 Å². The second kappa shape index (κ2) is 3.56. The molecule has 0 aromatic heterocycles. The molecule has 1 aliphatic rings. The highest BCUT2D eigenvalue weighted by Gasteiger charge is 2.38. The summed E-state index contributed by atoms with van der Waals surface area (Å²) in [7, 11) is 1.29. The van der Waals surface area contributed by atoms with E-state index >= 15 is 0 Å². The van der Waals surface area contributed by atoms with Gasteiger partial charge in [-0.2, -0.15) is 0 Å². The number of carboxylic acid groups (broad SMARTS) is 1. The number of ether oxygens (including phenoxy) is 1. The molecule has 0 bridgehead atoms. The molecule has 1 aliphatic carbocycles. The average Bonchev–Trinajstić information content (AvgIpc) is 2.50. The molecule has 0 unspecified atom stereocenters. The number of aliphatic carboxylic acids is 1. The maximum Gasteiger partial charge on any atom is 0.309 e. The minimum absolute atomic E-state index is 0.389. The van der Waals surface area contributed by atoms with Crippen LogP contribution in [0.1, 0.15) is 19.3 Å². The van der Waals surface area contributed by atoms with Gasteiger partial charge in [0, 0.05) is 0 Å². The second-order valence-electron chi connectivity index (χ2n) is 3.01. The van der Waals surface area contributed by atoms with Crippen LogP contribution in [-0.2, 0) is 14.3 Å². The number of esters is 1. The summed E-state index contributed by atoms with van der Waals surface area (Å²) >= 11 is 0. The van der Waals surface area contributed by atoms with E-state index in [0.717, 1.165) is 6.42 Å². The highest BCUT2D eigenvalue weighted by molar-refractivity contribution is 5.81. The average molecular weight is 172 g/mol. The van der Waals surface area contributed by atoms with Crippen LogP contribution in [0.4, 0.5) is 0 Å². The zero-order valence-corrected chi connectivity index (χ0v) is 6.95. The van der Waals surface area contributed by atoms with Crippen molar-refractivity contribution in [1.82, 2.24) is 0 Å². The molecule has 0 aromatic rings. The van der Waals surface area contributed by atoms with Crippen molar-refractivity contribution < 1.29 is 19.4 Å². The maximum absolute atomic E-state index is 11.0. The van der Waals surface area contributed by atoms with Crippen molar-refractivity contribution in [3.63, 3.8) is 0 Å². The molecule has 1 fully saturated rings. The summed E-state index contributed by atoms with van der Waals surface area (Å²) < 4.78 is 4.51. The molecule has 4 heteroatoms. The van der Waals surface area contributed by atoms with Gasteiger partial charge >= 0.3 is 11.9 Å². The first-order valence-electron chi connectivity index (χ1n) is 3.97. The molecule has 0 aliphatic heterocycles. The largest absolute Gasteiger partial charge is 0.481 e. The van der Waals surface area contributed by atoms with E-state index in [2.05, 4.69) is 4.74 Å². The van der Waals surface area contributed by atoms with Gasteiger partial charge in [-0.15, -0.1) is 0 Å². The van der Waals surface area contributed by atoms with Gasteiger partial charge in [0.1, 0.15) is 0 Å². The summed E-state index contributed by atoms with van der Waals surface area (Å²) in [6.07, 6.45) is 2.04. The molecule has 1 saturated carbocycles. The highest BCUT2D eigenvalue weighted by atomic mass is 16.5. The lowest BCUT2D eigenvalue weighted by Gasteiger charge is -2.12. The number of methoxy groups -OCH3 is 1. The fraction of sp³-hybridized carbons (Fsp3) is 0.750. The van der Waals surface area contributed by atoms with Crippen molar-refractivity contribution in [3.8, 4) is 0 Å². The molecule has 4 nitrogen and oxygen atoms in total. The highest BCUT2D eigenvalue weighted by Crippen LogP contribution is 2.32. The van der Waals surface area contributed by atoms with Crippen LogP contribution in [0.3, 0.4) is 0 Å². The predicted molar refractivity (Wildman–Crippen MR) is 40.5 cm³/mol. The Bertz CT molecular complexity index is 199. The first-order chi connectivity index (χ1) is 5.66. The number of hydrogen-bond acceptors (Lipinski definition) is 3. The summed E-state index contributed by atoms with van der Waals surface area (Å²) in [4.78, 5) is 21.7. The Morgan fingerprint density at radius 2 is 1.92 bits per heavy atom. The topological polar surface area (TPSA) is 63.6 Å². The van der Waals surface area contributed by atoms with E-state index in [4.69, 9.17) is 5.11 Å². The Kier molecular flexibility index (Phi) is 2.68. The lowest BCUT2D eigenvalue weighted by Crippen LogP contribution is -2.26. The Balaban J connectivity index is 2.63. The second-order valence-corrected chi connectivity index (χ2v) is 3.01. The monoisotopic (exact) mass is 172 g/mol. The van der Waals surface area contributed by atoms with Gasteiger partial charge in [0.05, 0.1) is 18.9 Å². The van der Waals surface area contributed by atoms with E-state index in [1.54, 1.807) is 0 Å². The third-order valence-corrected chi connectivity index (χ3v) is 2.34. The third kappa shape index (κ3) is 1.57. The zero-order chi connectivity index (χ0) is 9.14. The molecule has 0 spiro atoms. The Morgan fingerprint density at radius 3 is 2.42 bits per heavy atom. The summed E-state index contributed by atoms with van der Waals surface area (Å²) in [5.41, 5.74) is 0. The van der Waals surface area contributed by atoms with Gasteiger partial charge in [0.15, 0.2) is 0 Å². The smallest absolute Gasteiger partial charge is 0.309 e. The fourth-order valence-corrected chi connectivity index (χ4v) is 1.69. The number of hydrogen-bond donors (Lipinski definition) is 1. The van der Waals surface area contributed by atoms with Crippen molar-refractivity contribution in [2.75, 3.05) is 7.11 Å². The Morgan fingerprint density at radius 1 is 1.33 bits per heavy atom. The third-order valence-electron chi connectivity index (χ3n) is 2.34. The summed E-state index contributed by atoms with van der Waals surface area (Å²) in [5, 5.41) is 8.72. The van der Waals surface area contributed by atoms with E-state index in [1.165, 1.54) is 7.11 Å². The van der Waals surface area contributed by atoms with Crippen LogP contribution >= 0.6 is 0 Å². The summed E-state index contributed by atoms with van der Waals surface area (Å²) in [5.74, 6) is -2.23. The molecule has 0 amide bonds. The van der Waals surface area contributed by atoms with Gasteiger partial charge in [-0.25, -0.2) is 0 Å². The lowest BCUT2D eigenvalue weighted by atomic mass is 9.97. The van der Waals surface area contributed by atoms with Crippen molar-refractivity contribution >= 4 is 11.9 Å². The molecule has 2 atom stereocenters. The predicted octanol–water partition coefficient (Wildman–Crippen LogP) is 0.660. The van der Waals surface area contributed by atoms with E-state index in [-0.39, 0.29) is 5.97 Å². The van der Waals surface area contributed by atoms with Gasteiger partial charge in [-0.05, 0) is 12.8 Å². The SMILES string of the molecule is COC(=O)[C@@H]1CCC[C@H]1C(=O)O. The van der Waals surface area contributed by atoms with E-state index < -0.39 is 17.8 Å². The van der Waals surface area contributed by atoms with Crippen LogP contribution in [-0.4, -0.2) is 24.2 Å². The zero-order valence-electron chi connectivity index (χ0n) is 6.95. The minimum atomic E-state index is -0.886. The van der Waals surface area contributed by atoms with Gasteiger partial charge in [-0.3, -0.25) is 9.59 Å². The van der Waals surface area contributed by atoms with Crippen LogP contribution in [0, 0.1) is 11.8 Å². The number of rotatable bonds is 2. The quantitative estimate of drug-likeness (QED) is 0.621. The van der Waals surface area contributed by atoms with Gasteiger partial charge in [0.25, 0.3) is 0 Å². The summed E-state index contributed by atoms with van der Waals surface area (Å²) in [6, 6.07) is 0. The first kappa shape index (κ1) is 9.03. The van der Waals surface area contributed by atoms with E-state index in [9.17, 15) is 9.59 Å². The van der Waals surface area contributed by atoms with Crippen LogP contribution < -0.4 is 0 Å². The Hall–Kier alpha value is -1.06. The minimum Gasteiger partial charge on any atom is -0.481 e. The maximum atomic E-state index is 11.0. The molecule has 0 aromatic carbocycles. The molecular formula is C8H12O4. The number of carboxylic acids is 1. The molecule has 12 heavy (non-hydrogen) atoms. The van der Waals surface area contributed by atoms with Crippen molar-refractivity contribution in [3.05, 3.63) is 0 Å². The van der Waals surface area contributed by atoms with E-state index in [0.29, 0.717) is 12.8 Å². The molecule has 68 valence electrons. The number of carbonyl (C=O) groups excluding carboxylic acids is 1. The molecule has 0 radical (unpaired) electrons. The van der Waals surface area contributed by atoms with Crippen LogP contribution in [0.2, 0.25) is 0 Å². The van der Waals surface area contributed by atoms with Crippen molar-refractivity contribution in [2.45, 2.75) is 19.3 Å². The van der Waals surface area contributed by atoms with Crippen LogP contribution in [0.5, 0.6) is 0 Å². The van der Waals surface area contributed by atoms with E-state index in [1.807, 2.05) is 0 Å². The van der Waals surface area contributed by atoms with Gasteiger partial charge < -0.3 is 9.84 Å². The lowest BCUT2D eigenvalue weighted by molar-refractivity contribution is -0.154. The Labute approximate surface area is 70.5 Å². The molecular weight excluding hydrogens is 160 g/mol. The molecule has 0 saturated heterocycles. The first-order valence-corrected chi connectivity index (χ1v) is 3.97. The van der Waals surface area contributed by atoms with Crippen LogP contribution in [0.15, 0.2) is 0 Å². The fourth-order valence-electron chi connectivity index (χ4n) is 1.69. The molecule has 1 rings (SSSR count).